The molecule has 2 rings (SSSR count). The highest BCUT2D eigenvalue weighted by molar-refractivity contribution is 7.89. The Balaban J connectivity index is 2.29. The number of carboxylic acid groups (broad SMARTS) is 2. The number of rotatable bonds is 6. The van der Waals surface area contributed by atoms with E-state index in [1.807, 2.05) is 0 Å². The number of carbonyl (C=O) groups is 2. The van der Waals surface area contributed by atoms with Crippen molar-refractivity contribution < 1.29 is 33.0 Å². The topological polar surface area (TPSA) is 121 Å². The molecule has 1 heterocycles. The van der Waals surface area contributed by atoms with Gasteiger partial charge < -0.3 is 14.9 Å². The SMILES string of the molecule is COc1ccc(S(=O)(=O)N2CCC(C(=O)O)CC2)cc1C=CC(=O)O. The van der Waals surface area contributed by atoms with E-state index in [4.69, 9.17) is 14.9 Å². The van der Waals surface area contributed by atoms with E-state index in [1.165, 1.54) is 35.7 Å². The molecule has 0 spiro atoms. The first-order valence-electron chi connectivity index (χ1n) is 7.57. The molecule has 0 aliphatic carbocycles. The lowest BCUT2D eigenvalue weighted by Crippen LogP contribution is -2.40. The lowest BCUT2D eigenvalue weighted by Gasteiger charge is -2.29. The predicted molar refractivity (Wildman–Crippen MR) is 88.8 cm³/mol. The van der Waals surface area contributed by atoms with Crippen LogP contribution in [0, 0.1) is 5.92 Å². The van der Waals surface area contributed by atoms with Crippen molar-refractivity contribution in [3.8, 4) is 5.75 Å². The van der Waals surface area contributed by atoms with Gasteiger partial charge in [0.1, 0.15) is 5.75 Å². The molecule has 136 valence electrons. The highest BCUT2D eigenvalue weighted by atomic mass is 32.2. The zero-order valence-corrected chi connectivity index (χ0v) is 14.4. The summed E-state index contributed by atoms with van der Waals surface area (Å²) in [5.74, 6) is -2.26. The van der Waals surface area contributed by atoms with Crippen LogP contribution in [0.25, 0.3) is 6.08 Å². The van der Waals surface area contributed by atoms with Crippen LogP contribution >= 0.6 is 0 Å². The van der Waals surface area contributed by atoms with Crippen molar-refractivity contribution in [2.45, 2.75) is 17.7 Å². The highest BCUT2D eigenvalue weighted by Crippen LogP contribution is 2.28. The molecule has 1 aromatic rings. The fourth-order valence-corrected chi connectivity index (χ4v) is 4.16. The van der Waals surface area contributed by atoms with Crippen LogP contribution in [0.3, 0.4) is 0 Å². The quantitative estimate of drug-likeness (QED) is 0.724. The van der Waals surface area contributed by atoms with E-state index in [2.05, 4.69) is 0 Å². The molecule has 8 nitrogen and oxygen atoms in total. The number of aliphatic carboxylic acids is 2. The first-order valence-corrected chi connectivity index (χ1v) is 9.01. The van der Waals surface area contributed by atoms with E-state index in [0.29, 0.717) is 11.3 Å². The van der Waals surface area contributed by atoms with Gasteiger partial charge in [-0.25, -0.2) is 13.2 Å². The van der Waals surface area contributed by atoms with Crippen LogP contribution in [0.4, 0.5) is 0 Å². The Kier molecular flexibility index (Phi) is 5.81. The summed E-state index contributed by atoms with van der Waals surface area (Å²) in [6.45, 7) is 0.261. The van der Waals surface area contributed by atoms with Crippen molar-refractivity contribution in [3.05, 3.63) is 29.8 Å². The molecule has 0 amide bonds. The number of carboxylic acids is 2. The van der Waals surface area contributed by atoms with E-state index < -0.39 is 27.9 Å². The second kappa shape index (κ2) is 7.66. The van der Waals surface area contributed by atoms with Crippen molar-refractivity contribution in [1.29, 1.82) is 0 Å². The Bertz CT molecular complexity index is 793. The first-order chi connectivity index (χ1) is 11.8. The van der Waals surface area contributed by atoms with Gasteiger partial charge in [0.05, 0.1) is 17.9 Å². The maximum Gasteiger partial charge on any atom is 0.328 e. The van der Waals surface area contributed by atoms with Gasteiger partial charge in [-0.3, -0.25) is 4.79 Å². The Labute approximate surface area is 145 Å². The highest BCUT2D eigenvalue weighted by Gasteiger charge is 2.32. The van der Waals surface area contributed by atoms with Gasteiger partial charge in [0.2, 0.25) is 10.0 Å². The first kappa shape index (κ1) is 18.9. The number of ether oxygens (including phenoxy) is 1. The molecule has 9 heteroatoms. The Morgan fingerprint density at radius 2 is 1.88 bits per heavy atom. The van der Waals surface area contributed by atoms with Gasteiger partial charge in [0, 0.05) is 24.7 Å². The third kappa shape index (κ3) is 4.37. The van der Waals surface area contributed by atoms with E-state index in [0.717, 1.165) is 6.08 Å². The normalized spacial score (nSPS) is 16.8. The van der Waals surface area contributed by atoms with Crippen LogP contribution in [0.1, 0.15) is 18.4 Å². The molecule has 1 aromatic carbocycles. The summed E-state index contributed by atoms with van der Waals surface area (Å²) < 4.78 is 31.9. The standard InChI is InChI=1S/C16H19NO7S/c1-24-14-4-3-13(10-12(14)2-5-15(18)19)25(22,23)17-8-6-11(7-9-17)16(20)21/h2-5,10-11H,6-9H2,1H3,(H,18,19)(H,20,21). The lowest BCUT2D eigenvalue weighted by molar-refractivity contribution is -0.143. The minimum Gasteiger partial charge on any atom is -0.496 e. The third-order valence-corrected chi connectivity index (χ3v) is 5.94. The van der Waals surface area contributed by atoms with Gasteiger partial charge in [-0.2, -0.15) is 4.31 Å². The van der Waals surface area contributed by atoms with Crippen LogP contribution in [0.15, 0.2) is 29.2 Å². The molecule has 1 saturated heterocycles. The van der Waals surface area contributed by atoms with Gasteiger partial charge in [-0.1, -0.05) is 0 Å². The lowest BCUT2D eigenvalue weighted by atomic mass is 9.99. The van der Waals surface area contributed by atoms with Crippen molar-refractivity contribution >= 4 is 28.0 Å². The third-order valence-electron chi connectivity index (χ3n) is 4.05. The Morgan fingerprint density at radius 3 is 2.40 bits per heavy atom. The Hall–Kier alpha value is -2.39. The Morgan fingerprint density at radius 1 is 1.24 bits per heavy atom. The molecular formula is C16H19NO7S. The molecule has 1 aliphatic rings. The van der Waals surface area contributed by atoms with Crippen molar-refractivity contribution in [2.75, 3.05) is 20.2 Å². The molecule has 0 atom stereocenters. The van der Waals surface area contributed by atoms with Gasteiger partial charge in [0.25, 0.3) is 0 Å². The van der Waals surface area contributed by atoms with Crippen molar-refractivity contribution in [1.82, 2.24) is 4.31 Å². The summed E-state index contributed by atoms with van der Waals surface area (Å²) in [6.07, 6.45) is 2.68. The summed E-state index contributed by atoms with van der Waals surface area (Å²) in [7, 11) is -2.39. The summed E-state index contributed by atoms with van der Waals surface area (Å²) in [5.41, 5.74) is 0.325. The molecular weight excluding hydrogens is 350 g/mol. The molecule has 1 fully saturated rings. The van der Waals surface area contributed by atoms with Crippen molar-refractivity contribution in [3.63, 3.8) is 0 Å². The van der Waals surface area contributed by atoms with Crippen LogP contribution < -0.4 is 4.74 Å². The van der Waals surface area contributed by atoms with Crippen LogP contribution in [-0.2, 0) is 19.6 Å². The van der Waals surface area contributed by atoms with Crippen molar-refractivity contribution in [2.24, 2.45) is 5.92 Å². The molecule has 0 radical (unpaired) electrons. The van der Waals surface area contributed by atoms with E-state index >= 15 is 0 Å². The average Bonchev–Trinajstić information content (AvgIpc) is 2.59. The van der Waals surface area contributed by atoms with Gasteiger partial charge in [-0.05, 0) is 37.1 Å². The molecule has 1 aliphatic heterocycles. The van der Waals surface area contributed by atoms with Crippen LogP contribution in [0.2, 0.25) is 0 Å². The molecule has 0 saturated carbocycles. The summed E-state index contributed by atoms with van der Waals surface area (Å²) in [4.78, 5) is 21.7. The van der Waals surface area contributed by atoms with Crippen LogP contribution in [0.5, 0.6) is 5.75 Å². The molecule has 0 aromatic heterocycles. The smallest absolute Gasteiger partial charge is 0.328 e. The molecule has 0 unspecified atom stereocenters. The number of hydrogen-bond acceptors (Lipinski definition) is 5. The number of hydrogen-bond donors (Lipinski definition) is 2. The van der Waals surface area contributed by atoms with Gasteiger partial charge >= 0.3 is 11.9 Å². The van der Waals surface area contributed by atoms with Gasteiger partial charge in [0.15, 0.2) is 0 Å². The maximum absolute atomic E-state index is 12.8. The zero-order chi connectivity index (χ0) is 18.6. The summed E-state index contributed by atoms with van der Waals surface area (Å²) in [5, 5.41) is 17.7. The second-order valence-electron chi connectivity index (χ2n) is 5.59. The number of nitrogens with zero attached hydrogens (tertiary/aromatic N) is 1. The minimum atomic E-state index is -3.79. The van der Waals surface area contributed by atoms with E-state index in [9.17, 15) is 18.0 Å². The van der Waals surface area contributed by atoms with E-state index in [1.54, 1.807) is 0 Å². The molecule has 0 bridgehead atoms. The molecule has 25 heavy (non-hydrogen) atoms. The fraction of sp³-hybridized carbons (Fsp3) is 0.375. The molecule has 2 N–H and O–H groups in total. The second-order valence-corrected chi connectivity index (χ2v) is 7.53. The monoisotopic (exact) mass is 369 g/mol. The largest absolute Gasteiger partial charge is 0.496 e. The minimum absolute atomic E-state index is 0.00659. The summed E-state index contributed by atoms with van der Waals surface area (Å²) >= 11 is 0. The van der Waals surface area contributed by atoms with Crippen LogP contribution in [-0.4, -0.2) is 55.1 Å². The summed E-state index contributed by atoms with van der Waals surface area (Å²) in [6, 6.07) is 4.19. The number of sulfonamides is 1. The van der Waals surface area contributed by atoms with Gasteiger partial charge in [-0.15, -0.1) is 0 Å². The fourth-order valence-electron chi connectivity index (χ4n) is 2.66. The number of benzene rings is 1. The average molecular weight is 369 g/mol. The maximum atomic E-state index is 12.8. The van der Waals surface area contributed by atoms with E-state index in [-0.39, 0.29) is 30.8 Å². The predicted octanol–water partition coefficient (Wildman–Crippen LogP) is 1.28. The number of methoxy groups -OCH3 is 1. The zero-order valence-electron chi connectivity index (χ0n) is 13.6. The number of piperidine rings is 1.